The number of hydrogen-bond donors (Lipinski definition) is 1. The van der Waals surface area contributed by atoms with Crippen molar-refractivity contribution in [2.75, 3.05) is 0 Å². The standard InChI is InChI=1S/C6H13O4P/c1-4(2)6-5(3)9-11(7,8)10-6/h4-6H,1-3H3,(H,7,8). The molecule has 0 aromatic rings. The number of phosphoric ester groups is 1. The highest BCUT2D eigenvalue weighted by molar-refractivity contribution is 7.47. The summed E-state index contributed by atoms with van der Waals surface area (Å²) in [7, 11) is -3.71. The zero-order valence-electron chi connectivity index (χ0n) is 6.85. The number of phosphoric acid groups is 1. The topological polar surface area (TPSA) is 55.8 Å². The Morgan fingerprint density at radius 2 is 2.00 bits per heavy atom. The van der Waals surface area contributed by atoms with Crippen LogP contribution in [0.2, 0.25) is 0 Å². The summed E-state index contributed by atoms with van der Waals surface area (Å²) in [6, 6.07) is 0. The van der Waals surface area contributed by atoms with Gasteiger partial charge in [-0.05, 0) is 12.8 Å². The van der Waals surface area contributed by atoms with Crippen LogP contribution in [0, 0.1) is 5.92 Å². The lowest BCUT2D eigenvalue weighted by atomic mass is 10.0. The average molecular weight is 180 g/mol. The molecule has 1 aliphatic heterocycles. The molecule has 1 N–H and O–H groups in total. The predicted molar refractivity (Wildman–Crippen MR) is 40.1 cm³/mol. The van der Waals surface area contributed by atoms with E-state index in [1.807, 2.05) is 13.8 Å². The molecule has 1 heterocycles. The third kappa shape index (κ3) is 2.03. The van der Waals surface area contributed by atoms with Crippen LogP contribution in [0.1, 0.15) is 20.8 Å². The van der Waals surface area contributed by atoms with Crippen LogP contribution in [0.25, 0.3) is 0 Å². The van der Waals surface area contributed by atoms with Gasteiger partial charge in [0, 0.05) is 0 Å². The molecule has 5 heteroatoms. The van der Waals surface area contributed by atoms with Gasteiger partial charge in [0.25, 0.3) is 0 Å². The third-order valence-corrected chi connectivity index (χ3v) is 2.78. The quantitative estimate of drug-likeness (QED) is 0.622. The highest BCUT2D eigenvalue weighted by Gasteiger charge is 2.42. The van der Waals surface area contributed by atoms with Gasteiger partial charge < -0.3 is 4.89 Å². The second-order valence-corrected chi connectivity index (χ2v) is 4.45. The minimum atomic E-state index is -3.71. The van der Waals surface area contributed by atoms with E-state index in [4.69, 9.17) is 13.9 Å². The monoisotopic (exact) mass is 180 g/mol. The predicted octanol–water partition coefficient (Wildman–Crippen LogP) is 1.55. The third-order valence-electron chi connectivity index (χ3n) is 1.67. The molecular weight excluding hydrogens is 167 g/mol. The van der Waals surface area contributed by atoms with E-state index in [2.05, 4.69) is 0 Å². The first-order valence-electron chi connectivity index (χ1n) is 3.62. The zero-order chi connectivity index (χ0) is 8.65. The van der Waals surface area contributed by atoms with E-state index in [-0.39, 0.29) is 18.1 Å². The molecule has 66 valence electrons. The Labute approximate surface area is 66.1 Å². The zero-order valence-corrected chi connectivity index (χ0v) is 7.75. The highest BCUT2D eigenvalue weighted by Crippen LogP contribution is 2.53. The molecule has 0 aromatic carbocycles. The lowest BCUT2D eigenvalue weighted by Crippen LogP contribution is -2.24. The molecule has 1 saturated heterocycles. The molecule has 0 saturated carbocycles. The Morgan fingerprint density at radius 3 is 2.18 bits per heavy atom. The molecule has 0 aromatic heterocycles. The Kier molecular flexibility index (Phi) is 2.40. The van der Waals surface area contributed by atoms with Crippen molar-refractivity contribution in [3.05, 3.63) is 0 Å². The lowest BCUT2D eigenvalue weighted by Gasteiger charge is -2.14. The van der Waals surface area contributed by atoms with E-state index in [9.17, 15) is 4.57 Å². The summed E-state index contributed by atoms with van der Waals surface area (Å²) >= 11 is 0. The molecule has 0 amide bonds. The molecule has 0 bridgehead atoms. The molecule has 0 spiro atoms. The van der Waals surface area contributed by atoms with Crippen molar-refractivity contribution in [3.63, 3.8) is 0 Å². The van der Waals surface area contributed by atoms with Crippen LogP contribution in [0.15, 0.2) is 0 Å². The fourth-order valence-electron chi connectivity index (χ4n) is 1.20. The fourth-order valence-corrected chi connectivity index (χ4v) is 2.51. The van der Waals surface area contributed by atoms with E-state index in [0.29, 0.717) is 0 Å². The van der Waals surface area contributed by atoms with Gasteiger partial charge in [0.05, 0.1) is 12.2 Å². The van der Waals surface area contributed by atoms with Crippen molar-refractivity contribution in [2.24, 2.45) is 5.92 Å². The smallest absolute Gasteiger partial charge is 0.302 e. The summed E-state index contributed by atoms with van der Waals surface area (Å²) in [5, 5.41) is 0. The molecule has 1 rings (SSSR count). The van der Waals surface area contributed by atoms with Crippen molar-refractivity contribution in [1.82, 2.24) is 0 Å². The SMILES string of the molecule is CC(C)C1OP(=O)(O)OC1C. The first-order valence-corrected chi connectivity index (χ1v) is 5.11. The molecule has 11 heavy (non-hydrogen) atoms. The van der Waals surface area contributed by atoms with Crippen LogP contribution in [-0.4, -0.2) is 17.1 Å². The van der Waals surface area contributed by atoms with Crippen molar-refractivity contribution in [2.45, 2.75) is 33.0 Å². The van der Waals surface area contributed by atoms with Crippen LogP contribution in [0.4, 0.5) is 0 Å². The molecule has 0 aliphatic carbocycles. The van der Waals surface area contributed by atoms with Gasteiger partial charge in [-0.2, -0.15) is 0 Å². The van der Waals surface area contributed by atoms with Crippen LogP contribution < -0.4 is 0 Å². The first-order chi connectivity index (χ1) is 4.92. The summed E-state index contributed by atoms with van der Waals surface area (Å²) in [6.07, 6.45) is -0.545. The van der Waals surface area contributed by atoms with Gasteiger partial charge in [0.1, 0.15) is 0 Å². The molecule has 3 atom stereocenters. The Hall–Kier alpha value is 0.110. The minimum Gasteiger partial charge on any atom is -0.302 e. The van der Waals surface area contributed by atoms with Gasteiger partial charge in [-0.15, -0.1) is 0 Å². The van der Waals surface area contributed by atoms with Crippen molar-refractivity contribution in [1.29, 1.82) is 0 Å². The lowest BCUT2D eigenvalue weighted by molar-refractivity contribution is 0.125. The summed E-state index contributed by atoms with van der Waals surface area (Å²) in [4.78, 5) is 8.90. The van der Waals surface area contributed by atoms with Crippen molar-refractivity contribution in [3.8, 4) is 0 Å². The maximum atomic E-state index is 10.9. The van der Waals surface area contributed by atoms with Crippen molar-refractivity contribution < 1.29 is 18.5 Å². The Balaban J connectivity index is 2.67. The van der Waals surface area contributed by atoms with Gasteiger partial charge in [-0.25, -0.2) is 4.57 Å². The van der Waals surface area contributed by atoms with Gasteiger partial charge in [-0.3, -0.25) is 9.05 Å². The Bertz CT molecular complexity index is 191. The maximum Gasteiger partial charge on any atom is 0.472 e. The molecule has 3 unspecified atom stereocenters. The highest BCUT2D eigenvalue weighted by atomic mass is 31.2. The largest absolute Gasteiger partial charge is 0.472 e. The normalized spacial score (nSPS) is 45.2. The van der Waals surface area contributed by atoms with Gasteiger partial charge in [-0.1, -0.05) is 13.8 Å². The van der Waals surface area contributed by atoms with Crippen LogP contribution in [0.3, 0.4) is 0 Å². The second kappa shape index (κ2) is 2.87. The second-order valence-electron chi connectivity index (χ2n) is 3.09. The van der Waals surface area contributed by atoms with E-state index >= 15 is 0 Å². The first kappa shape index (κ1) is 9.20. The minimum absolute atomic E-state index is 0.202. The maximum absolute atomic E-state index is 10.9. The fraction of sp³-hybridized carbons (Fsp3) is 1.00. The molecule has 0 radical (unpaired) electrons. The number of hydrogen-bond acceptors (Lipinski definition) is 3. The van der Waals surface area contributed by atoms with Gasteiger partial charge in [0.15, 0.2) is 0 Å². The van der Waals surface area contributed by atoms with E-state index in [0.717, 1.165) is 0 Å². The number of rotatable bonds is 1. The molecule has 4 nitrogen and oxygen atoms in total. The van der Waals surface area contributed by atoms with Crippen LogP contribution in [0.5, 0.6) is 0 Å². The average Bonchev–Trinajstić information content (AvgIpc) is 2.05. The van der Waals surface area contributed by atoms with E-state index in [1.54, 1.807) is 6.92 Å². The van der Waals surface area contributed by atoms with Crippen LogP contribution >= 0.6 is 7.82 Å². The summed E-state index contributed by atoms with van der Waals surface area (Å²) < 4.78 is 20.4. The van der Waals surface area contributed by atoms with E-state index < -0.39 is 7.82 Å². The van der Waals surface area contributed by atoms with Gasteiger partial charge in [0.2, 0.25) is 0 Å². The molecule has 1 fully saturated rings. The summed E-state index contributed by atoms with van der Waals surface area (Å²) in [6.45, 7) is 5.59. The Morgan fingerprint density at radius 1 is 1.45 bits per heavy atom. The van der Waals surface area contributed by atoms with Crippen LogP contribution in [-0.2, 0) is 13.6 Å². The summed E-state index contributed by atoms with van der Waals surface area (Å²) in [5.74, 6) is 0.202. The van der Waals surface area contributed by atoms with Gasteiger partial charge >= 0.3 is 7.82 Å². The summed E-state index contributed by atoms with van der Waals surface area (Å²) in [5.41, 5.74) is 0. The van der Waals surface area contributed by atoms with Crippen molar-refractivity contribution >= 4 is 7.82 Å². The van der Waals surface area contributed by atoms with E-state index in [1.165, 1.54) is 0 Å². The molecular formula is C6H13O4P. The molecule has 1 aliphatic rings.